The van der Waals surface area contributed by atoms with Crippen LogP contribution in [-0.4, -0.2) is 84.5 Å². The highest BCUT2D eigenvalue weighted by atomic mass is 32.2. The number of amidine groups is 1. The van der Waals surface area contributed by atoms with E-state index in [0.29, 0.717) is 6.04 Å². The molecule has 2 aliphatic heterocycles. The summed E-state index contributed by atoms with van der Waals surface area (Å²) in [6.45, 7) is 12.6. The number of aliphatic imine (C=N–C) groups is 1. The molecule has 0 unspecified atom stereocenters. The molecule has 0 spiro atoms. The van der Waals surface area contributed by atoms with Gasteiger partial charge < -0.3 is 14.7 Å². The van der Waals surface area contributed by atoms with Gasteiger partial charge in [-0.05, 0) is 52.5 Å². The number of piperidine rings is 1. The maximum absolute atomic E-state index is 4.83. The second-order valence-corrected chi connectivity index (χ2v) is 7.18. The van der Waals surface area contributed by atoms with Gasteiger partial charge in [0.05, 0.1) is 0 Å². The normalized spacial score (nSPS) is 21.6. The third-order valence-electron chi connectivity index (χ3n) is 4.71. The van der Waals surface area contributed by atoms with Gasteiger partial charge in [-0.3, -0.25) is 4.99 Å². The van der Waals surface area contributed by atoms with Crippen LogP contribution in [0.2, 0.25) is 0 Å². The Morgan fingerprint density at radius 2 is 1.90 bits per heavy atom. The molecule has 0 aromatic carbocycles. The summed E-state index contributed by atoms with van der Waals surface area (Å²) in [5, 5.41) is 1.32. The molecule has 2 rings (SSSR count). The van der Waals surface area contributed by atoms with Gasteiger partial charge in [0, 0.05) is 31.4 Å². The van der Waals surface area contributed by atoms with Gasteiger partial charge in [-0.2, -0.15) is 0 Å². The summed E-state index contributed by atoms with van der Waals surface area (Å²) in [5.74, 6) is 1.24. The molecule has 1 saturated heterocycles. The van der Waals surface area contributed by atoms with Crippen LogP contribution >= 0.6 is 11.8 Å². The van der Waals surface area contributed by atoms with Crippen molar-refractivity contribution >= 4 is 16.9 Å². The zero-order chi connectivity index (χ0) is 15.1. The summed E-state index contributed by atoms with van der Waals surface area (Å²) in [4.78, 5) is 12.4. The van der Waals surface area contributed by atoms with Gasteiger partial charge in [0.1, 0.15) is 0 Å². The summed E-state index contributed by atoms with van der Waals surface area (Å²) < 4.78 is 0. The summed E-state index contributed by atoms with van der Waals surface area (Å²) >= 11 is 1.98. The highest BCUT2D eigenvalue weighted by molar-refractivity contribution is 8.13. The topological polar surface area (TPSA) is 22.1 Å². The molecule has 2 aliphatic rings. The van der Waals surface area contributed by atoms with E-state index < -0.39 is 0 Å². The molecular formula is C16H32N4S. The predicted octanol–water partition coefficient (Wildman–Crippen LogP) is 2.22. The smallest absolute Gasteiger partial charge is 0.159 e. The van der Waals surface area contributed by atoms with Gasteiger partial charge in [-0.1, -0.05) is 25.6 Å². The average molecular weight is 313 g/mol. The van der Waals surface area contributed by atoms with Crippen LogP contribution in [0, 0.1) is 0 Å². The zero-order valence-corrected chi connectivity index (χ0v) is 14.9. The molecule has 0 aromatic rings. The van der Waals surface area contributed by atoms with Crippen LogP contribution in [-0.2, 0) is 0 Å². The van der Waals surface area contributed by atoms with Crippen molar-refractivity contribution in [1.82, 2.24) is 14.7 Å². The van der Waals surface area contributed by atoms with E-state index in [1.165, 1.54) is 49.8 Å². The average Bonchev–Trinajstić information content (AvgIpc) is 2.54. The first kappa shape index (κ1) is 17.1. The molecule has 0 N–H and O–H groups in total. The number of likely N-dealkylation sites (N-methyl/N-ethyl adjacent to an activating group) is 1. The summed E-state index contributed by atoms with van der Waals surface area (Å²) in [5.41, 5.74) is 0. The number of likely N-dealkylation sites (tertiary alicyclic amines) is 1. The number of hydrogen-bond acceptors (Lipinski definition) is 5. The van der Waals surface area contributed by atoms with E-state index in [0.717, 1.165) is 26.2 Å². The Kier molecular flexibility index (Phi) is 7.34. The van der Waals surface area contributed by atoms with Crippen LogP contribution in [0.3, 0.4) is 0 Å². The molecule has 0 atom stereocenters. The lowest BCUT2D eigenvalue weighted by molar-refractivity contribution is 0.164. The highest BCUT2D eigenvalue weighted by Crippen LogP contribution is 2.23. The number of rotatable bonds is 6. The van der Waals surface area contributed by atoms with Crippen molar-refractivity contribution in [1.29, 1.82) is 0 Å². The first-order valence-electron chi connectivity index (χ1n) is 8.59. The molecule has 5 heteroatoms. The maximum atomic E-state index is 4.83. The molecule has 0 amide bonds. The number of nitrogens with zero attached hydrogens (tertiary/aromatic N) is 4. The van der Waals surface area contributed by atoms with Crippen molar-refractivity contribution < 1.29 is 0 Å². The van der Waals surface area contributed by atoms with Gasteiger partial charge in [-0.15, -0.1) is 0 Å². The van der Waals surface area contributed by atoms with Gasteiger partial charge in [0.2, 0.25) is 0 Å². The van der Waals surface area contributed by atoms with Crippen molar-refractivity contribution in [3.63, 3.8) is 0 Å². The Hall–Kier alpha value is -0.260. The zero-order valence-electron chi connectivity index (χ0n) is 14.1. The molecule has 2 heterocycles. The first-order chi connectivity index (χ1) is 10.2. The molecule has 0 saturated carbocycles. The second kappa shape index (κ2) is 9.01. The molecule has 4 nitrogen and oxygen atoms in total. The van der Waals surface area contributed by atoms with E-state index in [4.69, 9.17) is 4.99 Å². The van der Waals surface area contributed by atoms with Crippen LogP contribution in [0.15, 0.2) is 4.99 Å². The molecule has 122 valence electrons. The van der Waals surface area contributed by atoms with E-state index in [1.54, 1.807) is 0 Å². The summed E-state index contributed by atoms with van der Waals surface area (Å²) in [6, 6.07) is 0.695. The summed E-state index contributed by atoms with van der Waals surface area (Å²) in [7, 11) is 2.24. The highest BCUT2D eigenvalue weighted by Gasteiger charge is 2.26. The minimum atomic E-state index is 0.695. The summed E-state index contributed by atoms with van der Waals surface area (Å²) in [6.07, 6.45) is 3.81. The van der Waals surface area contributed by atoms with Crippen molar-refractivity contribution in [2.45, 2.75) is 39.2 Å². The fraction of sp³-hybridized carbons (Fsp3) is 0.938. The van der Waals surface area contributed by atoms with Gasteiger partial charge in [0.25, 0.3) is 0 Å². The largest absolute Gasteiger partial charge is 0.347 e. The minimum Gasteiger partial charge on any atom is -0.347 e. The van der Waals surface area contributed by atoms with Crippen molar-refractivity contribution in [2.24, 2.45) is 4.99 Å². The van der Waals surface area contributed by atoms with Gasteiger partial charge in [-0.25, -0.2) is 0 Å². The predicted molar refractivity (Wildman–Crippen MR) is 94.4 cm³/mol. The van der Waals surface area contributed by atoms with Crippen molar-refractivity contribution in [3.05, 3.63) is 0 Å². The number of thioether (sulfide) groups is 1. The Labute approximate surface area is 134 Å². The van der Waals surface area contributed by atoms with Crippen molar-refractivity contribution in [3.8, 4) is 0 Å². The van der Waals surface area contributed by atoms with E-state index in [9.17, 15) is 0 Å². The third kappa shape index (κ3) is 5.15. The van der Waals surface area contributed by atoms with E-state index in [2.05, 4.69) is 35.6 Å². The Bertz CT molecular complexity index is 322. The third-order valence-corrected chi connectivity index (χ3v) is 5.82. The van der Waals surface area contributed by atoms with Crippen LogP contribution in [0.25, 0.3) is 0 Å². The fourth-order valence-electron chi connectivity index (χ4n) is 3.15. The fourth-order valence-corrected chi connectivity index (χ4v) is 4.20. The van der Waals surface area contributed by atoms with Crippen LogP contribution in [0.4, 0.5) is 0 Å². The Morgan fingerprint density at radius 1 is 1.19 bits per heavy atom. The lowest BCUT2D eigenvalue weighted by Crippen LogP contribution is -2.48. The monoisotopic (exact) mass is 312 g/mol. The standard InChI is InChI=1S/C16H32N4S/c1-4-19(5-2)12-13-20(16-17-9-6-14-21-16)15-7-10-18(3)11-8-15/h15H,4-14H2,1-3H3. The van der Waals surface area contributed by atoms with Crippen LogP contribution in [0.5, 0.6) is 0 Å². The lowest BCUT2D eigenvalue weighted by atomic mass is 10.0. The van der Waals surface area contributed by atoms with E-state index >= 15 is 0 Å². The number of hydrogen-bond donors (Lipinski definition) is 0. The van der Waals surface area contributed by atoms with Gasteiger partial charge >= 0.3 is 0 Å². The molecule has 0 aromatic heterocycles. The first-order valence-corrected chi connectivity index (χ1v) is 9.58. The Morgan fingerprint density at radius 3 is 2.48 bits per heavy atom. The van der Waals surface area contributed by atoms with Crippen LogP contribution in [0.1, 0.15) is 33.1 Å². The van der Waals surface area contributed by atoms with Gasteiger partial charge in [0.15, 0.2) is 5.17 Å². The second-order valence-electron chi connectivity index (χ2n) is 6.12. The van der Waals surface area contributed by atoms with E-state index in [-0.39, 0.29) is 0 Å². The molecule has 0 radical (unpaired) electrons. The molecule has 0 aliphatic carbocycles. The molecule has 1 fully saturated rings. The quantitative estimate of drug-likeness (QED) is 0.750. The Balaban J connectivity index is 1.97. The lowest BCUT2D eigenvalue weighted by Gasteiger charge is -2.40. The molecule has 0 bridgehead atoms. The van der Waals surface area contributed by atoms with Crippen molar-refractivity contribution in [2.75, 3.05) is 58.6 Å². The molecular weight excluding hydrogens is 280 g/mol. The van der Waals surface area contributed by atoms with E-state index in [1.807, 2.05) is 11.8 Å². The maximum Gasteiger partial charge on any atom is 0.159 e. The SMILES string of the molecule is CCN(CC)CCN(C1=NCCCS1)C1CCN(C)CC1. The molecule has 21 heavy (non-hydrogen) atoms. The minimum absolute atomic E-state index is 0.695. The van der Waals surface area contributed by atoms with Crippen LogP contribution < -0.4 is 0 Å².